The smallest absolute Gasteiger partial charge is 0.414 e. The molecule has 4 heterocycles. The van der Waals surface area contributed by atoms with E-state index in [-0.39, 0.29) is 19.3 Å². The molecule has 0 aliphatic carbocycles. The summed E-state index contributed by atoms with van der Waals surface area (Å²) in [5, 5.41) is 21.4. The Hall–Kier alpha value is -3.90. The Morgan fingerprint density at radius 1 is 1.24 bits per heavy atom. The number of hydrogen-bond donors (Lipinski definition) is 1. The number of aromatic nitrogens is 4. The first-order chi connectivity index (χ1) is 17.7. The Balaban J connectivity index is 1.20. The number of pyridine rings is 1. The summed E-state index contributed by atoms with van der Waals surface area (Å²) in [5.41, 5.74) is 1.75. The number of halogens is 1. The molecule has 0 unspecified atom stereocenters. The highest BCUT2D eigenvalue weighted by Crippen LogP contribution is 2.29. The molecule has 5 rings (SSSR count). The third-order valence-corrected chi connectivity index (χ3v) is 5.86. The topological polar surface area (TPSA) is 124 Å². The van der Waals surface area contributed by atoms with Crippen molar-refractivity contribution < 1.29 is 28.6 Å². The highest BCUT2D eigenvalue weighted by atomic mass is 19.1. The maximum absolute atomic E-state index is 15.1. The molecule has 1 fully saturated rings. The summed E-state index contributed by atoms with van der Waals surface area (Å²) in [4.78, 5) is 23.6. The number of ether oxygens (including phenoxy) is 2. The summed E-state index contributed by atoms with van der Waals surface area (Å²) >= 11 is 0. The molecule has 0 spiro atoms. The van der Waals surface area contributed by atoms with Crippen LogP contribution in [0.4, 0.5) is 14.9 Å². The molecule has 1 amide bonds. The molecule has 11 nitrogen and oxygen atoms in total. The highest BCUT2D eigenvalue weighted by Gasteiger charge is 2.33. The quantitative estimate of drug-likeness (QED) is 0.466. The normalized spacial score (nSPS) is 19.6. The lowest BCUT2D eigenvalue weighted by atomic mass is 10.0. The van der Waals surface area contributed by atoms with Crippen LogP contribution < -0.4 is 4.90 Å². The van der Waals surface area contributed by atoms with Crippen LogP contribution in [0.5, 0.6) is 0 Å². The molecule has 1 saturated heterocycles. The molecule has 3 aromatic rings. The number of rotatable bonds is 9. The minimum absolute atomic E-state index is 0.196. The van der Waals surface area contributed by atoms with Crippen LogP contribution >= 0.6 is 0 Å². The van der Waals surface area contributed by atoms with Crippen LogP contribution in [0.2, 0.25) is 0 Å². The number of anilines is 1. The van der Waals surface area contributed by atoms with Crippen molar-refractivity contribution in [1.29, 1.82) is 0 Å². The third-order valence-electron chi connectivity index (χ3n) is 5.86. The number of cyclic esters (lactones) is 1. The van der Waals surface area contributed by atoms with Gasteiger partial charge in [-0.1, -0.05) is 16.4 Å². The molecule has 0 saturated carbocycles. The van der Waals surface area contributed by atoms with E-state index in [1.165, 1.54) is 11.0 Å². The molecule has 194 valence electrons. The number of nitrogens with zero attached hydrogens (tertiary/aromatic N) is 6. The van der Waals surface area contributed by atoms with E-state index in [9.17, 15) is 9.90 Å². The highest BCUT2D eigenvalue weighted by molar-refractivity contribution is 5.99. The summed E-state index contributed by atoms with van der Waals surface area (Å²) in [5.74, 6) is -0.481. The molecule has 37 heavy (non-hydrogen) atoms. The van der Waals surface area contributed by atoms with Crippen molar-refractivity contribution >= 4 is 17.5 Å². The van der Waals surface area contributed by atoms with Gasteiger partial charge in [0.05, 0.1) is 49.5 Å². The Kier molecular flexibility index (Phi) is 6.85. The van der Waals surface area contributed by atoms with Crippen molar-refractivity contribution in [2.24, 2.45) is 5.16 Å². The number of oxime groups is 1. The largest absolute Gasteiger partial charge is 0.442 e. The Morgan fingerprint density at radius 2 is 2.11 bits per heavy atom. The Bertz CT molecular complexity index is 1280. The molecular formula is C25H27FN6O5. The SMILES string of the molecule is CC(C)(O)COC[C@@H]1CC(c2ccc(-c3ccc(N4C[C@H](Cn5ccnn5)OC4=O)cc3F)cn2)=NO1. The molecule has 0 bridgehead atoms. The Morgan fingerprint density at radius 3 is 2.81 bits per heavy atom. The van der Waals surface area contributed by atoms with Gasteiger partial charge < -0.3 is 19.4 Å². The second-order valence-electron chi connectivity index (χ2n) is 9.63. The van der Waals surface area contributed by atoms with Crippen LogP contribution in [0.1, 0.15) is 26.0 Å². The minimum atomic E-state index is -0.911. The average molecular weight is 511 g/mol. The van der Waals surface area contributed by atoms with Gasteiger partial charge in [0.1, 0.15) is 17.6 Å². The fourth-order valence-corrected chi connectivity index (χ4v) is 4.11. The number of carbonyl (C=O) groups excluding carboxylic acids is 1. The fraction of sp³-hybridized carbons (Fsp3) is 0.400. The number of hydrogen-bond acceptors (Lipinski definition) is 9. The van der Waals surface area contributed by atoms with Crippen LogP contribution in [0.25, 0.3) is 11.1 Å². The minimum Gasteiger partial charge on any atom is -0.442 e. The standard InChI is InChI=1S/C25H27FN6O5/c1-25(2,34)15-35-14-18-10-23(29-37-18)22-6-3-16(11-27-22)20-5-4-17(9-21(20)26)32-13-19(36-24(32)33)12-31-8-7-28-30-31/h3-9,11,18-19,34H,10,12-15H2,1-2H3/t18-,19-/m0/s1. The van der Waals surface area contributed by atoms with Gasteiger partial charge in [-0.3, -0.25) is 9.88 Å². The van der Waals surface area contributed by atoms with E-state index in [4.69, 9.17) is 14.3 Å². The first-order valence-corrected chi connectivity index (χ1v) is 11.9. The van der Waals surface area contributed by atoms with E-state index in [0.717, 1.165) is 0 Å². The van der Waals surface area contributed by atoms with E-state index in [1.54, 1.807) is 61.4 Å². The van der Waals surface area contributed by atoms with Gasteiger partial charge in [-0.05, 0) is 38.1 Å². The number of benzene rings is 1. The van der Waals surface area contributed by atoms with Gasteiger partial charge >= 0.3 is 6.09 Å². The summed E-state index contributed by atoms with van der Waals surface area (Å²) in [6.07, 6.45) is 4.12. The predicted molar refractivity (Wildman–Crippen MR) is 130 cm³/mol. The Labute approximate surface area is 212 Å². The van der Waals surface area contributed by atoms with E-state index < -0.39 is 23.6 Å². The molecule has 2 aliphatic rings. The number of carbonyl (C=O) groups is 1. The summed E-state index contributed by atoms with van der Waals surface area (Å²) < 4.78 is 27.5. The summed E-state index contributed by atoms with van der Waals surface area (Å²) in [6, 6.07) is 8.14. The molecular weight excluding hydrogens is 483 g/mol. The predicted octanol–water partition coefficient (Wildman–Crippen LogP) is 2.79. The van der Waals surface area contributed by atoms with E-state index >= 15 is 4.39 Å². The van der Waals surface area contributed by atoms with Crippen molar-refractivity contribution in [3.05, 3.63) is 60.4 Å². The zero-order chi connectivity index (χ0) is 26.0. The second kappa shape index (κ2) is 10.2. The van der Waals surface area contributed by atoms with Crippen molar-refractivity contribution in [3.63, 3.8) is 0 Å². The van der Waals surface area contributed by atoms with Crippen molar-refractivity contribution in [3.8, 4) is 11.1 Å². The van der Waals surface area contributed by atoms with Gasteiger partial charge in [0.15, 0.2) is 6.10 Å². The molecule has 2 atom stereocenters. The van der Waals surface area contributed by atoms with Crippen LogP contribution in [0, 0.1) is 5.82 Å². The van der Waals surface area contributed by atoms with Crippen LogP contribution in [0.15, 0.2) is 54.1 Å². The first kappa shape index (κ1) is 24.8. The molecule has 1 N–H and O–H groups in total. The lowest BCUT2D eigenvalue weighted by molar-refractivity contribution is -0.0557. The lowest BCUT2D eigenvalue weighted by Gasteiger charge is -2.18. The third kappa shape index (κ3) is 5.92. The second-order valence-corrected chi connectivity index (χ2v) is 9.63. The molecule has 2 aliphatic heterocycles. The summed E-state index contributed by atoms with van der Waals surface area (Å²) in [7, 11) is 0. The number of amides is 1. The molecule has 0 radical (unpaired) electrons. The van der Waals surface area contributed by atoms with Crippen LogP contribution in [-0.2, 0) is 20.9 Å². The summed E-state index contributed by atoms with van der Waals surface area (Å²) in [6.45, 7) is 4.49. The van der Waals surface area contributed by atoms with Crippen molar-refractivity contribution in [2.75, 3.05) is 24.7 Å². The van der Waals surface area contributed by atoms with E-state index in [1.807, 2.05) is 0 Å². The molecule has 1 aromatic carbocycles. The zero-order valence-electron chi connectivity index (χ0n) is 20.5. The van der Waals surface area contributed by atoms with Gasteiger partial charge in [0.25, 0.3) is 0 Å². The maximum atomic E-state index is 15.1. The first-order valence-electron chi connectivity index (χ1n) is 11.9. The van der Waals surface area contributed by atoms with Crippen LogP contribution in [-0.4, -0.2) is 74.5 Å². The maximum Gasteiger partial charge on any atom is 0.414 e. The van der Waals surface area contributed by atoms with Crippen LogP contribution in [0.3, 0.4) is 0 Å². The fourth-order valence-electron chi connectivity index (χ4n) is 4.11. The monoisotopic (exact) mass is 510 g/mol. The van der Waals surface area contributed by atoms with Gasteiger partial charge in [-0.15, -0.1) is 5.10 Å². The van der Waals surface area contributed by atoms with Gasteiger partial charge in [0.2, 0.25) is 0 Å². The van der Waals surface area contributed by atoms with Gasteiger partial charge in [-0.25, -0.2) is 13.9 Å². The lowest BCUT2D eigenvalue weighted by Crippen LogP contribution is -2.28. The zero-order valence-corrected chi connectivity index (χ0v) is 20.5. The molecule has 2 aromatic heterocycles. The van der Waals surface area contributed by atoms with E-state index in [0.29, 0.717) is 47.8 Å². The molecule has 12 heteroatoms. The van der Waals surface area contributed by atoms with Crippen molar-refractivity contribution in [2.45, 2.75) is 44.6 Å². The van der Waals surface area contributed by atoms with E-state index in [2.05, 4.69) is 20.5 Å². The van der Waals surface area contributed by atoms with Gasteiger partial charge in [-0.2, -0.15) is 0 Å². The number of aliphatic hydroxyl groups is 1. The van der Waals surface area contributed by atoms with Gasteiger partial charge in [0, 0.05) is 29.9 Å². The van der Waals surface area contributed by atoms with Crippen molar-refractivity contribution in [1.82, 2.24) is 20.0 Å². The average Bonchev–Trinajstić information content (AvgIpc) is 3.61.